The third-order valence-electron chi connectivity index (χ3n) is 4.57. The van der Waals surface area contributed by atoms with E-state index in [1.807, 2.05) is 43.3 Å². The molecule has 4 heteroatoms. The Hall–Kier alpha value is -1.91. The molecule has 0 unspecified atom stereocenters. The van der Waals surface area contributed by atoms with Crippen molar-refractivity contribution >= 4 is 40.3 Å². The van der Waals surface area contributed by atoms with Crippen molar-refractivity contribution in [2.75, 3.05) is 0 Å². The zero-order valence-electron chi connectivity index (χ0n) is 15.5. The van der Waals surface area contributed by atoms with E-state index in [1.54, 1.807) is 4.90 Å². The van der Waals surface area contributed by atoms with Gasteiger partial charge >= 0.3 is 0 Å². The molecule has 2 nitrogen and oxygen atoms in total. The molecule has 1 amide bonds. The zero-order chi connectivity index (χ0) is 18.9. The summed E-state index contributed by atoms with van der Waals surface area (Å²) in [5, 5.41) is 0. The molecule has 0 spiro atoms. The first-order chi connectivity index (χ1) is 12.3. The molecular formula is C22H23NOS2. The standard InChI is InChI=1S/C22H23NOS2/c1-15(17-8-6-5-7-9-17)23-20(24)19(26-21(23)25)14-16-10-12-18(13-11-16)22(2,3)4/h5-15H,1-4H3/b19-14-/t15-/m1/s1. The molecule has 2 aromatic carbocycles. The van der Waals surface area contributed by atoms with Crippen molar-refractivity contribution in [2.45, 2.75) is 39.2 Å². The number of hydrogen-bond donors (Lipinski definition) is 0. The van der Waals surface area contributed by atoms with Gasteiger partial charge in [-0.3, -0.25) is 9.69 Å². The summed E-state index contributed by atoms with van der Waals surface area (Å²) in [5.41, 5.74) is 3.50. The highest BCUT2D eigenvalue weighted by Crippen LogP contribution is 2.38. The lowest BCUT2D eigenvalue weighted by Gasteiger charge is -2.23. The summed E-state index contributed by atoms with van der Waals surface area (Å²) in [4.78, 5) is 15.3. The Morgan fingerprint density at radius 2 is 1.65 bits per heavy atom. The number of amides is 1. The largest absolute Gasteiger partial charge is 0.286 e. The molecule has 3 rings (SSSR count). The van der Waals surface area contributed by atoms with Crippen LogP contribution in [0.4, 0.5) is 0 Å². The Bertz CT molecular complexity index is 848. The van der Waals surface area contributed by atoms with E-state index in [0.717, 1.165) is 11.1 Å². The van der Waals surface area contributed by atoms with Crippen LogP contribution >= 0.6 is 24.0 Å². The number of thiocarbonyl (C=S) groups is 1. The van der Waals surface area contributed by atoms with Crippen LogP contribution in [0.1, 0.15) is 50.4 Å². The first-order valence-corrected chi connectivity index (χ1v) is 9.92. The molecule has 0 radical (unpaired) electrons. The topological polar surface area (TPSA) is 20.3 Å². The van der Waals surface area contributed by atoms with Gasteiger partial charge in [0.05, 0.1) is 10.9 Å². The smallest absolute Gasteiger partial charge is 0.266 e. The van der Waals surface area contributed by atoms with Gasteiger partial charge in [0.15, 0.2) is 0 Å². The minimum absolute atomic E-state index is 0.0174. The lowest BCUT2D eigenvalue weighted by molar-refractivity contribution is -0.123. The van der Waals surface area contributed by atoms with Crippen LogP contribution in [0.3, 0.4) is 0 Å². The van der Waals surface area contributed by atoms with E-state index in [1.165, 1.54) is 17.3 Å². The molecule has 1 saturated heterocycles. The molecule has 1 fully saturated rings. The highest BCUT2D eigenvalue weighted by atomic mass is 32.2. The first-order valence-electron chi connectivity index (χ1n) is 8.70. The first kappa shape index (κ1) is 18.9. The normalized spacial score (nSPS) is 17.8. The fourth-order valence-electron chi connectivity index (χ4n) is 2.93. The number of thioether (sulfide) groups is 1. The maximum atomic E-state index is 12.9. The van der Waals surface area contributed by atoms with Crippen LogP contribution in [-0.4, -0.2) is 15.1 Å². The lowest BCUT2D eigenvalue weighted by atomic mass is 9.87. The molecule has 0 bridgehead atoms. The second kappa shape index (κ2) is 7.37. The summed E-state index contributed by atoms with van der Waals surface area (Å²) < 4.78 is 0.615. The summed E-state index contributed by atoms with van der Waals surface area (Å²) in [6, 6.07) is 18.3. The maximum Gasteiger partial charge on any atom is 0.266 e. The predicted octanol–water partition coefficient (Wildman–Crippen LogP) is 5.95. The van der Waals surface area contributed by atoms with E-state index in [-0.39, 0.29) is 17.4 Å². The fourth-order valence-corrected chi connectivity index (χ4v) is 4.34. The number of benzene rings is 2. The second-order valence-electron chi connectivity index (χ2n) is 7.51. The summed E-state index contributed by atoms with van der Waals surface area (Å²) in [5.74, 6) is -0.0174. The molecule has 0 aliphatic carbocycles. The summed E-state index contributed by atoms with van der Waals surface area (Å²) in [6.07, 6.45) is 1.93. The van der Waals surface area contributed by atoms with Gasteiger partial charge < -0.3 is 0 Å². The molecule has 134 valence electrons. The number of carbonyl (C=O) groups excluding carboxylic acids is 1. The highest BCUT2D eigenvalue weighted by molar-refractivity contribution is 8.26. The van der Waals surface area contributed by atoms with Crippen LogP contribution in [0.15, 0.2) is 59.5 Å². The second-order valence-corrected chi connectivity index (χ2v) is 9.19. The van der Waals surface area contributed by atoms with E-state index in [2.05, 4.69) is 45.0 Å². The zero-order valence-corrected chi connectivity index (χ0v) is 17.2. The van der Waals surface area contributed by atoms with Gasteiger partial charge in [-0.05, 0) is 35.1 Å². The Kier molecular flexibility index (Phi) is 5.35. The average Bonchev–Trinajstić information content (AvgIpc) is 2.88. The van der Waals surface area contributed by atoms with Crippen molar-refractivity contribution in [3.8, 4) is 0 Å². The van der Waals surface area contributed by atoms with E-state index in [4.69, 9.17) is 12.2 Å². The summed E-state index contributed by atoms with van der Waals surface area (Å²) in [6.45, 7) is 8.59. The molecule has 0 saturated carbocycles. The van der Waals surface area contributed by atoms with Gasteiger partial charge in [-0.15, -0.1) is 0 Å². The Balaban J connectivity index is 1.83. The Labute approximate surface area is 165 Å². The van der Waals surface area contributed by atoms with Crippen molar-refractivity contribution in [3.63, 3.8) is 0 Å². The lowest BCUT2D eigenvalue weighted by Crippen LogP contribution is -2.30. The molecule has 0 N–H and O–H groups in total. The van der Waals surface area contributed by atoms with Gasteiger partial charge in [-0.1, -0.05) is 99.3 Å². The fraction of sp³-hybridized carbons (Fsp3) is 0.273. The van der Waals surface area contributed by atoms with E-state index < -0.39 is 0 Å². The molecule has 1 heterocycles. The molecule has 2 aromatic rings. The Morgan fingerprint density at radius 1 is 1.04 bits per heavy atom. The molecule has 0 aromatic heterocycles. The quantitative estimate of drug-likeness (QED) is 0.484. The van der Waals surface area contributed by atoms with Crippen LogP contribution in [0.5, 0.6) is 0 Å². The predicted molar refractivity (Wildman–Crippen MR) is 115 cm³/mol. The summed E-state index contributed by atoms with van der Waals surface area (Å²) in [7, 11) is 0. The van der Waals surface area contributed by atoms with Crippen molar-refractivity contribution in [2.24, 2.45) is 0 Å². The van der Waals surface area contributed by atoms with Crippen LogP contribution in [0.2, 0.25) is 0 Å². The van der Waals surface area contributed by atoms with Crippen molar-refractivity contribution in [1.29, 1.82) is 0 Å². The van der Waals surface area contributed by atoms with Crippen LogP contribution in [-0.2, 0) is 10.2 Å². The highest BCUT2D eigenvalue weighted by Gasteiger charge is 2.35. The van der Waals surface area contributed by atoms with Gasteiger partial charge in [0.25, 0.3) is 5.91 Å². The minimum Gasteiger partial charge on any atom is -0.286 e. The van der Waals surface area contributed by atoms with Gasteiger partial charge in [0.2, 0.25) is 0 Å². The van der Waals surface area contributed by atoms with Crippen LogP contribution in [0.25, 0.3) is 6.08 Å². The SMILES string of the molecule is C[C@H](c1ccccc1)N1C(=O)/C(=C/c2ccc(C(C)(C)C)cc2)SC1=S. The van der Waals surface area contributed by atoms with E-state index in [9.17, 15) is 4.79 Å². The van der Waals surface area contributed by atoms with Crippen molar-refractivity contribution in [1.82, 2.24) is 4.90 Å². The molecule has 1 aliphatic rings. The van der Waals surface area contributed by atoms with Crippen molar-refractivity contribution in [3.05, 3.63) is 76.2 Å². The van der Waals surface area contributed by atoms with Crippen LogP contribution in [0, 0.1) is 0 Å². The van der Waals surface area contributed by atoms with Crippen molar-refractivity contribution < 1.29 is 4.79 Å². The monoisotopic (exact) mass is 381 g/mol. The number of rotatable bonds is 3. The van der Waals surface area contributed by atoms with Gasteiger partial charge in [-0.2, -0.15) is 0 Å². The molecule has 26 heavy (non-hydrogen) atoms. The third kappa shape index (κ3) is 3.92. The molecular weight excluding hydrogens is 358 g/mol. The molecule has 1 aliphatic heterocycles. The average molecular weight is 382 g/mol. The Morgan fingerprint density at radius 3 is 2.23 bits per heavy atom. The van der Waals surface area contributed by atoms with Gasteiger partial charge in [0.1, 0.15) is 4.32 Å². The van der Waals surface area contributed by atoms with Gasteiger partial charge in [0, 0.05) is 0 Å². The van der Waals surface area contributed by atoms with E-state index in [0.29, 0.717) is 9.23 Å². The number of carbonyl (C=O) groups is 1. The van der Waals surface area contributed by atoms with E-state index >= 15 is 0 Å². The maximum absolute atomic E-state index is 12.9. The third-order valence-corrected chi connectivity index (χ3v) is 5.90. The number of nitrogens with zero attached hydrogens (tertiary/aromatic N) is 1. The summed E-state index contributed by atoms with van der Waals surface area (Å²) >= 11 is 6.86. The molecule has 1 atom stereocenters. The minimum atomic E-state index is -0.0714. The van der Waals surface area contributed by atoms with Gasteiger partial charge in [-0.25, -0.2) is 0 Å². The number of hydrogen-bond acceptors (Lipinski definition) is 3. The van der Waals surface area contributed by atoms with Crippen LogP contribution < -0.4 is 0 Å².